The molecule has 1 amide bonds. The number of ether oxygens (including phenoxy) is 1. The van der Waals surface area contributed by atoms with Gasteiger partial charge in [0.15, 0.2) is 0 Å². The molecule has 1 aliphatic rings. The molecule has 0 aromatic heterocycles. The fourth-order valence-electron chi connectivity index (χ4n) is 2.03. The molecule has 2 rings (SSSR count). The highest BCUT2D eigenvalue weighted by Crippen LogP contribution is 2.27. The van der Waals surface area contributed by atoms with Gasteiger partial charge < -0.3 is 9.64 Å². The average molecular weight is 298 g/mol. The van der Waals surface area contributed by atoms with Crippen LogP contribution in [0, 0.1) is 0 Å². The van der Waals surface area contributed by atoms with Crippen LogP contribution in [0.5, 0.6) is 0 Å². The van der Waals surface area contributed by atoms with Gasteiger partial charge >= 0.3 is 0 Å². The molecule has 0 spiro atoms. The standard InChI is InChI=1S/C13H18N2O4S/c1-15(11-3-4-11)13(16)10-5-9(8-19-2)6-12(7-10)20(14,17)18/h5-7,11H,3-4,8H2,1-2H3,(H2,14,17,18). The van der Waals surface area contributed by atoms with Gasteiger partial charge in [0.1, 0.15) is 0 Å². The van der Waals surface area contributed by atoms with E-state index in [1.807, 2.05) is 0 Å². The quantitative estimate of drug-likeness (QED) is 0.867. The molecular formula is C13H18N2O4S. The Balaban J connectivity index is 2.40. The molecule has 2 N–H and O–H groups in total. The van der Waals surface area contributed by atoms with Crippen molar-refractivity contribution in [2.45, 2.75) is 30.4 Å². The van der Waals surface area contributed by atoms with E-state index >= 15 is 0 Å². The van der Waals surface area contributed by atoms with Gasteiger partial charge in [-0.3, -0.25) is 4.79 Å². The second-order valence-corrected chi connectivity index (χ2v) is 6.55. The summed E-state index contributed by atoms with van der Waals surface area (Å²) in [6.45, 7) is 0.219. The Bertz CT molecular complexity index is 623. The number of carbonyl (C=O) groups is 1. The average Bonchev–Trinajstić information content (AvgIpc) is 3.20. The van der Waals surface area contributed by atoms with E-state index in [-0.39, 0.29) is 23.5 Å². The fourth-order valence-corrected chi connectivity index (χ4v) is 2.64. The van der Waals surface area contributed by atoms with E-state index in [9.17, 15) is 13.2 Å². The highest BCUT2D eigenvalue weighted by atomic mass is 32.2. The summed E-state index contributed by atoms with van der Waals surface area (Å²) in [6.07, 6.45) is 1.98. The number of hydrogen-bond acceptors (Lipinski definition) is 4. The summed E-state index contributed by atoms with van der Waals surface area (Å²) in [5, 5.41) is 5.15. The molecule has 0 unspecified atom stereocenters. The number of hydrogen-bond donors (Lipinski definition) is 1. The van der Waals surface area contributed by atoms with Crippen molar-refractivity contribution in [3.63, 3.8) is 0 Å². The third kappa shape index (κ3) is 3.36. The van der Waals surface area contributed by atoms with Gasteiger partial charge in [0.25, 0.3) is 5.91 Å². The maximum Gasteiger partial charge on any atom is 0.253 e. The lowest BCUT2D eigenvalue weighted by Gasteiger charge is -2.17. The lowest BCUT2D eigenvalue weighted by molar-refractivity contribution is 0.0784. The molecule has 0 atom stereocenters. The number of sulfonamides is 1. The first-order valence-corrected chi connectivity index (χ1v) is 7.80. The smallest absolute Gasteiger partial charge is 0.253 e. The van der Waals surface area contributed by atoms with E-state index in [0.717, 1.165) is 12.8 Å². The number of methoxy groups -OCH3 is 1. The van der Waals surface area contributed by atoms with Crippen LogP contribution in [0.4, 0.5) is 0 Å². The molecule has 0 saturated heterocycles. The lowest BCUT2D eigenvalue weighted by Crippen LogP contribution is -2.29. The van der Waals surface area contributed by atoms with E-state index in [2.05, 4.69) is 0 Å². The van der Waals surface area contributed by atoms with Crippen molar-refractivity contribution in [2.75, 3.05) is 14.2 Å². The summed E-state index contributed by atoms with van der Waals surface area (Å²) in [6, 6.07) is 4.63. The van der Waals surface area contributed by atoms with E-state index < -0.39 is 10.0 Å². The highest BCUT2D eigenvalue weighted by Gasteiger charge is 2.30. The molecule has 6 nitrogen and oxygen atoms in total. The van der Waals surface area contributed by atoms with Gasteiger partial charge in [-0.25, -0.2) is 13.6 Å². The van der Waals surface area contributed by atoms with Crippen molar-refractivity contribution in [1.29, 1.82) is 0 Å². The Kier molecular flexibility index (Phi) is 4.12. The van der Waals surface area contributed by atoms with Crippen LogP contribution in [0.2, 0.25) is 0 Å². The number of benzene rings is 1. The second kappa shape index (κ2) is 5.51. The molecule has 0 bridgehead atoms. The molecule has 7 heteroatoms. The zero-order valence-corrected chi connectivity index (χ0v) is 12.3. The van der Waals surface area contributed by atoms with Crippen LogP contribution >= 0.6 is 0 Å². The minimum absolute atomic E-state index is 0.0698. The van der Waals surface area contributed by atoms with Gasteiger partial charge in [0.2, 0.25) is 10.0 Å². The first kappa shape index (κ1) is 15.0. The Morgan fingerprint density at radius 1 is 1.40 bits per heavy atom. The Morgan fingerprint density at radius 3 is 2.55 bits per heavy atom. The minimum atomic E-state index is -3.86. The monoisotopic (exact) mass is 298 g/mol. The Hall–Kier alpha value is -1.44. The largest absolute Gasteiger partial charge is 0.380 e. The Morgan fingerprint density at radius 2 is 2.05 bits per heavy atom. The SMILES string of the molecule is COCc1cc(C(=O)N(C)C2CC2)cc(S(N)(=O)=O)c1. The summed E-state index contributed by atoms with van der Waals surface area (Å²) in [4.78, 5) is 13.9. The summed E-state index contributed by atoms with van der Waals surface area (Å²) in [7, 11) is -0.633. The van der Waals surface area contributed by atoms with Crippen molar-refractivity contribution < 1.29 is 17.9 Å². The van der Waals surface area contributed by atoms with Gasteiger partial charge in [-0.2, -0.15) is 0 Å². The summed E-state index contributed by atoms with van der Waals surface area (Å²) in [5.41, 5.74) is 0.921. The molecule has 1 aliphatic carbocycles. The van der Waals surface area contributed by atoms with Crippen molar-refractivity contribution in [1.82, 2.24) is 4.90 Å². The number of rotatable bonds is 5. The molecule has 1 fully saturated rings. The van der Waals surface area contributed by atoms with Crippen LogP contribution in [0.3, 0.4) is 0 Å². The second-order valence-electron chi connectivity index (χ2n) is 4.99. The van der Waals surface area contributed by atoms with E-state index in [1.54, 1.807) is 18.0 Å². The van der Waals surface area contributed by atoms with Gasteiger partial charge in [0, 0.05) is 25.8 Å². The van der Waals surface area contributed by atoms with E-state index in [0.29, 0.717) is 11.1 Å². The highest BCUT2D eigenvalue weighted by molar-refractivity contribution is 7.89. The Labute approximate surface area is 118 Å². The zero-order chi connectivity index (χ0) is 14.9. The van der Waals surface area contributed by atoms with Crippen LogP contribution in [-0.2, 0) is 21.4 Å². The van der Waals surface area contributed by atoms with Gasteiger partial charge in [-0.1, -0.05) is 0 Å². The summed E-state index contributed by atoms with van der Waals surface area (Å²) < 4.78 is 28.0. The maximum absolute atomic E-state index is 12.3. The molecule has 1 aromatic rings. The van der Waals surface area contributed by atoms with Crippen LogP contribution < -0.4 is 5.14 Å². The number of nitrogens with zero attached hydrogens (tertiary/aromatic N) is 1. The topological polar surface area (TPSA) is 89.7 Å². The van der Waals surface area contributed by atoms with Crippen molar-refractivity contribution in [3.8, 4) is 0 Å². The normalized spacial score (nSPS) is 15.2. The summed E-state index contributed by atoms with van der Waals surface area (Å²) in [5.74, 6) is -0.199. The van der Waals surface area contributed by atoms with Crippen LogP contribution in [0.25, 0.3) is 0 Å². The van der Waals surface area contributed by atoms with Crippen LogP contribution in [0.15, 0.2) is 23.1 Å². The van der Waals surface area contributed by atoms with Gasteiger partial charge in [-0.15, -0.1) is 0 Å². The van der Waals surface area contributed by atoms with Crippen molar-refractivity contribution >= 4 is 15.9 Å². The molecular weight excluding hydrogens is 280 g/mol. The molecule has 0 aliphatic heterocycles. The molecule has 20 heavy (non-hydrogen) atoms. The van der Waals surface area contributed by atoms with E-state index in [4.69, 9.17) is 9.88 Å². The fraction of sp³-hybridized carbons (Fsp3) is 0.462. The summed E-state index contributed by atoms with van der Waals surface area (Å²) >= 11 is 0. The van der Waals surface area contributed by atoms with E-state index in [1.165, 1.54) is 19.2 Å². The van der Waals surface area contributed by atoms with Crippen LogP contribution in [0.1, 0.15) is 28.8 Å². The lowest BCUT2D eigenvalue weighted by atomic mass is 10.1. The van der Waals surface area contributed by atoms with Gasteiger partial charge in [0.05, 0.1) is 11.5 Å². The van der Waals surface area contributed by atoms with Crippen molar-refractivity contribution in [2.24, 2.45) is 5.14 Å². The first-order valence-electron chi connectivity index (χ1n) is 6.26. The molecule has 1 saturated carbocycles. The molecule has 0 radical (unpaired) electrons. The van der Waals surface area contributed by atoms with Crippen molar-refractivity contribution in [3.05, 3.63) is 29.3 Å². The third-order valence-electron chi connectivity index (χ3n) is 3.27. The number of nitrogens with two attached hydrogens (primary N) is 1. The van der Waals surface area contributed by atoms with Gasteiger partial charge in [-0.05, 0) is 36.6 Å². The molecule has 0 heterocycles. The zero-order valence-electron chi connectivity index (χ0n) is 11.5. The number of amides is 1. The maximum atomic E-state index is 12.3. The van der Waals surface area contributed by atoms with Crippen LogP contribution in [-0.4, -0.2) is 39.4 Å². The molecule has 110 valence electrons. The first-order chi connectivity index (χ1) is 9.32. The predicted octanol–water partition coefficient (Wildman–Crippen LogP) is 0.715. The third-order valence-corrected chi connectivity index (χ3v) is 4.16. The predicted molar refractivity (Wildman–Crippen MR) is 73.6 cm³/mol. The number of primary sulfonamides is 1. The molecule has 1 aromatic carbocycles. The minimum Gasteiger partial charge on any atom is -0.380 e. The number of carbonyl (C=O) groups excluding carboxylic acids is 1.